The third-order valence-corrected chi connectivity index (χ3v) is 5.37. The number of Topliss-reactive ketones (excluding diaryl/α,β-unsaturated/α-hetero) is 1. The molecule has 1 unspecified atom stereocenters. The van der Waals surface area contributed by atoms with E-state index in [4.69, 9.17) is 9.47 Å². The summed E-state index contributed by atoms with van der Waals surface area (Å²) in [6.45, 7) is 1.44. The minimum Gasteiger partial charge on any atom is -0.497 e. The second kappa shape index (κ2) is 6.25. The summed E-state index contributed by atoms with van der Waals surface area (Å²) in [6, 6.07) is 13.2. The number of hydrogen-bond donors (Lipinski definition) is 2. The van der Waals surface area contributed by atoms with Crippen LogP contribution in [0.25, 0.3) is 0 Å². The number of hydrogen-bond acceptors (Lipinski definition) is 7. The molecule has 2 aromatic carbocycles. The zero-order valence-electron chi connectivity index (χ0n) is 15.4. The van der Waals surface area contributed by atoms with Crippen molar-refractivity contribution < 1.29 is 29.3 Å². The highest BCUT2D eigenvalue weighted by atomic mass is 16.5. The number of carbonyl (C=O) groups is 2. The van der Waals surface area contributed by atoms with Gasteiger partial charge in [-0.2, -0.15) is 0 Å². The number of ether oxygens (including phenoxy) is 2. The Bertz CT molecular complexity index is 998. The first-order valence-electron chi connectivity index (χ1n) is 8.78. The smallest absolute Gasteiger partial charge is 0.318 e. The van der Waals surface area contributed by atoms with Gasteiger partial charge in [-0.15, -0.1) is 0 Å². The van der Waals surface area contributed by atoms with Gasteiger partial charge in [0.05, 0.1) is 7.11 Å². The highest BCUT2D eigenvalue weighted by Crippen LogP contribution is 2.53. The van der Waals surface area contributed by atoms with E-state index in [-0.39, 0.29) is 23.4 Å². The first kappa shape index (κ1) is 18.3. The average Bonchev–Trinajstić information content (AvgIpc) is 3.01. The zero-order chi connectivity index (χ0) is 20.1. The highest BCUT2D eigenvalue weighted by molar-refractivity contribution is 6.18. The Morgan fingerprint density at radius 3 is 2.50 bits per heavy atom. The topological polar surface area (TPSA) is 105 Å². The summed E-state index contributed by atoms with van der Waals surface area (Å²) in [5.41, 5.74) is -3.42. The Labute approximate surface area is 161 Å². The predicted octanol–water partition coefficient (Wildman–Crippen LogP) is 1.60. The molecule has 0 aromatic heterocycles. The van der Waals surface area contributed by atoms with E-state index in [0.717, 1.165) is 0 Å². The zero-order valence-corrected chi connectivity index (χ0v) is 15.4. The number of nitrogens with zero attached hydrogens (tertiary/aromatic N) is 1. The second-order valence-corrected chi connectivity index (χ2v) is 6.96. The number of benzene rings is 2. The van der Waals surface area contributed by atoms with Gasteiger partial charge >= 0.3 is 5.97 Å². The van der Waals surface area contributed by atoms with Crippen molar-refractivity contribution in [1.82, 2.24) is 0 Å². The number of carbonyl (C=O) groups excluding carboxylic acids is 2. The second-order valence-electron chi connectivity index (χ2n) is 6.96. The molecule has 2 N–H and O–H groups in total. The molecule has 0 radical (unpaired) electrons. The molecule has 28 heavy (non-hydrogen) atoms. The van der Waals surface area contributed by atoms with E-state index in [9.17, 15) is 19.8 Å². The van der Waals surface area contributed by atoms with Crippen LogP contribution in [-0.4, -0.2) is 40.4 Å². The maximum atomic E-state index is 12.9. The number of esters is 1. The fourth-order valence-electron chi connectivity index (χ4n) is 3.95. The molecule has 1 aliphatic carbocycles. The van der Waals surface area contributed by atoms with Crippen molar-refractivity contribution in [3.8, 4) is 5.75 Å². The Kier molecular flexibility index (Phi) is 4.10. The molecular formula is C21H19NO6. The molecule has 0 saturated carbocycles. The minimum absolute atomic E-state index is 0.0533. The lowest BCUT2D eigenvalue weighted by Crippen LogP contribution is -2.56. The number of rotatable bonds is 4. The Balaban J connectivity index is 1.61. The Morgan fingerprint density at radius 1 is 1.14 bits per heavy atom. The maximum absolute atomic E-state index is 12.9. The number of fused-ring (bicyclic) bond motifs is 3. The summed E-state index contributed by atoms with van der Waals surface area (Å²) in [7, 11) is 1.55. The lowest BCUT2D eigenvalue weighted by atomic mass is 9.79. The molecule has 1 aliphatic heterocycles. The van der Waals surface area contributed by atoms with Crippen molar-refractivity contribution in [3.05, 3.63) is 65.2 Å². The van der Waals surface area contributed by atoms with Gasteiger partial charge in [0.1, 0.15) is 18.3 Å². The van der Waals surface area contributed by atoms with Crippen LogP contribution in [0.3, 0.4) is 0 Å². The lowest BCUT2D eigenvalue weighted by Gasteiger charge is -2.31. The van der Waals surface area contributed by atoms with Gasteiger partial charge in [-0.3, -0.25) is 14.6 Å². The SMILES string of the molecule is COc1ccc(COC(=O)C2C(C)=N[C@@]3(O)c4ccccc4C(=O)[C@@]23O)cc1. The molecule has 7 heteroatoms. The van der Waals surface area contributed by atoms with Gasteiger partial charge in [0.15, 0.2) is 5.60 Å². The van der Waals surface area contributed by atoms with Gasteiger partial charge < -0.3 is 19.7 Å². The van der Waals surface area contributed by atoms with Gasteiger partial charge in [-0.25, -0.2) is 0 Å². The number of aliphatic imine (C=N–C) groups is 1. The summed E-state index contributed by atoms with van der Waals surface area (Å²) >= 11 is 0. The van der Waals surface area contributed by atoms with Crippen molar-refractivity contribution in [2.45, 2.75) is 24.9 Å². The first-order valence-corrected chi connectivity index (χ1v) is 8.78. The van der Waals surface area contributed by atoms with Crippen LogP contribution in [0.5, 0.6) is 5.75 Å². The molecule has 1 heterocycles. The largest absolute Gasteiger partial charge is 0.497 e. The maximum Gasteiger partial charge on any atom is 0.318 e. The van der Waals surface area contributed by atoms with Gasteiger partial charge in [-0.05, 0) is 24.6 Å². The molecule has 0 saturated heterocycles. The molecule has 0 fully saturated rings. The van der Waals surface area contributed by atoms with E-state index in [1.807, 2.05) is 0 Å². The number of aliphatic hydroxyl groups is 2. The summed E-state index contributed by atoms with van der Waals surface area (Å²) < 4.78 is 10.4. The number of ketones is 1. The molecule has 0 spiro atoms. The standard InChI is InChI=1S/C21H19NO6/c1-12-17(19(24)28-11-13-7-9-14(27-2)10-8-13)20(25)18(23)15-5-3-4-6-16(15)21(20,26)22-12/h3-10,17,25-26H,11H2,1-2H3/t17?,20-,21+/m0/s1. The Morgan fingerprint density at radius 2 is 1.82 bits per heavy atom. The van der Waals surface area contributed by atoms with E-state index < -0.39 is 29.0 Å². The molecule has 144 valence electrons. The van der Waals surface area contributed by atoms with E-state index in [1.165, 1.54) is 19.1 Å². The van der Waals surface area contributed by atoms with Crippen molar-refractivity contribution in [2.24, 2.45) is 10.9 Å². The molecule has 2 aliphatic rings. The third kappa shape index (κ3) is 2.33. The fraction of sp³-hybridized carbons (Fsp3) is 0.286. The molecule has 3 atom stereocenters. The summed E-state index contributed by atoms with van der Waals surface area (Å²) in [5.74, 6) is -2.28. The third-order valence-electron chi connectivity index (χ3n) is 5.37. The van der Waals surface area contributed by atoms with Crippen molar-refractivity contribution >= 4 is 17.5 Å². The quantitative estimate of drug-likeness (QED) is 0.780. The van der Waals surface area contributed by atoms with Crippen LogP contribution in [0, 0.1) is 5.92 Å². The summed E-state index contributed by atoms with van der Waals surface area (Å²) in [4.78, 5) is 29.8. The molecule has 0 amide bonds. The van der Waals surface area contributed by atoms with Gasteiger partial charge in [0, 0.05) is 16.8 Å². The van der Waals surface area contributed by atoms with Crippen LogP contribution < -0.4 is 4.74 Å². The van der Waals surface area contributed by atoms with Crippen LogP contribution in [0.2, 0.25) is 0 Å². The van der Waals surface area contributed by atoms with Gasteiger partial charge in [0.2, 0.25) is 11.5 Å². The summed E-state index contributed by atoms with van der Waals surface area (Å²) in [5, 5.41) is 22.3. The monoisotopic (exact) mass is 381 g/mol. The van der Waals surface area contributed by atoms with E-state index in [1.54, 1.807) is 43.5 Å². The molecular weight excluding hydrogens is 362 g/mol. The summed E-state index contributed by atoms with van der Waals surface area (Å²) in [6.07, 6.45) is 0. The van der Waals surface area contributed by atoms with Crippen LogP contribution in [0.4, 0.5) is 0 Å². The van der Waals surface area contributed by atoms with Crippen LogP contribution in [0.15, 0.2) is 53.5 Å². The molecule has 0 bridgehead atoms. The number of methoxy groups -OCH3 is 1. The Hall–Kier alpha value is -3.03. The van der Waals surface area contributed by atoms with Crippen molar-refractivity contribution in [3.63, 3.8) is 0 Å². The van der Waals surface area contributed by atoms with Crippen molar-refractivity contribution in [1.29, 1.82) is 0 Å². The molecule has 7 nitrogen and oxygen atoms in total. The fourth-order valence-corrected chi connectivity index (χ4v) is 3.95. The molecule has 4 rings (SSSR count). The van der Waals surface area contributed by atoms with E-state index >= 15 is 0 Å². The normalized spacial score (nSPS) is 27.8. The predicted molar refractivity (Wildman–Crippen MR) is 99.0 cm³/mol. The average molecular weight is 381 g/mol. The van der Waals surface area contributed by atoms with Gasteiger partial charge in [-0.1, -0.05) is 36.4 Å². The van der Waals surface area contributed by atoms with E-state index in [2.05, 4.69) is 4.99 Å². The van der Waals surface area contributed by atoms with Crippen molar-refractivity contribution in [2.75, 3.05) is 7.11 Å². The lowest BCUT2D eigenvalue weighted by molar-refractivity contribution is -0.166. The molecule has 2 aromatic rings. The minimum atomic E-state index is -2.42. The highest BCUT2D eigenvalue weighted by Gasteiger charge is 2.72. The van der Waals surface area contributed by atoms with E-state index in [0.29, 0.717) is 11.3 Å². The van der Waals surface area contributed by atoms with Crippen LogP contribution in [-0.2, 0) is 21.9 Å². The van der Waals surface area contributed by atoms with Gasteiger partial charge in [0.25, 0.3) is 0 Å². The van der Waals surface area contributed by atoms with Crippen LogP contribution in [0.1, 0.15) is 28.4 Å². The first-order chi connectivity index (χ1) is 13.3. The van der Waals surface area contributed by atoms with Crippen LogP contribution >= 0.6 is 0 Å².